The molecule has 0 radical (unpaired) electrons. The fraction of sp³-hybridized carbons (Fsp3) is 0.529. The molecule has 1 aliphatic rings. The normalized spacial score (nSPS) is 18.3. The minimum absolute atomic E-state index is 0.0511. The van der Waals surface area contributed by atoms with Crippen LogP contribution in [0.2, 0.25) is 0 Å². The molecule has 4 heteroatoms. The van der Waals surface area contributed by atoms with Crippen molar-refractivity contribution in [3.63, 3.8) is 0 Å². The number of ketones is 1. The van der Waals surface area contributed by atoms with E-state index < -0.39 is 11.9 Å². The number of benzene rings is 1. The summed E-state index contributed by atoms with van der Waals surface area (Å²) in [6.07, 6.45) is 1.95. The van der Waals surface area contributed by atoms with Crippen molar-refractivity contribution in [3.8, 4) is 5.75 Å². The maximum atomic E-state index is 12.6. The standard InChI is InChI=1S/C17H22O4/c1-3-7-14(17(19)20-4-2)16(18)13-10-12-8-5-6-9-15(12)21-11-13/h5-6,8-9,13-14H,3-4,7,10-11H2,1-2H3. The number of Topliss-reactive ketones (excluding diaryl/α,β-unsaturated/α-hetero) is 1. The van der Waals surface area contributed by atoms with Crippen LogP contribution in [0, 0.1) is 11.8 Å². The van der Waals surface area contributed by atoms with Crippen LogP contribution in [-0.4, -0.2) is 25.0 Å². The number of rotatable bonds is 6. The van der Waals surface area contributed by atoms with Crippen LogP contribution in [0.15, 0.2) is 24.3 Å². The first-order valence-electron chi connectivity index (χ1n) is 7.58. The van der Waals surface area contributed by atoms with E-state index in [4.69, 9.17) is 9.47 Å². The van der Waals surface area contributed by atoms with Gasteiger partial charge >= 0.3 is 5.97 Å². The molecule has 1 heterocycles. The van der Waals surface area contributed by atoms with Gasteiger partial charge in [-0.3, -0.25) is 9.59 Å². The molecule has 2 atom stereocenters. The van der Waals surface area contributed by atoms with Crippen LogP contribution in [0.4, 0.5) is 0 Å². The smallest absolute Gasteiger partial charge is 0.316 e. The number of ether oxygens (including phenoxy) is 2. The molecule has 2 rings (SSSR count). The Bertz CT molecular complexity index is 509. The van der Waals surface area contributed by atoms with Gasteiger partial charge in [-0.25, -0.2) is 0 Å². The SMILES string of the molecule is CCCC(C(=O)OCC)C(=O)C1COc2ccccc2C1. The van der Waals surface area contributed by atoms with Crippen LogP contribution in [-0.2, 0) is 20.7 Å². The monoisotopic (exact) mass is 290 g/mol. The lowest BCUT2D eigenvalue weighted by Gasteiger charge is -2.26. The summed E-state index contributed by atoms with van der Waals surface area (Å²) in [4.78, 5) is 24.6. The van der Waals surface area contributed by atoms with Crippen molar-refractivity contribution in [2.75, 3.05) is 13.2 Å². The summed E-state index contributed by atoms with van der Waals surface area (Å²) in [5.74, 6) is -0.535. The molecule has 0 aromatic heterocycles. The van der Waals surface area contributed by atoms with Gasteiger partial charge in [0.25, 0.3) is 0 Å². The molecular formula is C17H22O4. The number of carbonyl (C=O) groups is 2. The van der Waals surface area contributed by atoms with Crippen molar-refractivity contribution in [2.24, 2.45) is 11.8 Å². The van der Waals surface area contributed by atoms with Gasteiger partial charge in [0.05, 0.1) is 19.1 Å². The first-order chi connectivity index (χ1) is 10.2. The second-order valence-corrected chi connectivity index (χ2v) is 5.32. The Kier molecular flexibility index (Phi) is 5.37. The zero-order valence-electron chi connectivity index (χ0n) is 12.6. The average molecular weight is 290 g/mol. The van der Waals surface area contributed by atoms with E-state index >= 15 is 0 Å². The zero-order chi connectivity index (χ0) is 15.2. The van der Waals surface area contributed by atoms with Crippen molar-refractivity contribution in [3.05, 3.63) is 29.8 Å². The molecule has 0 N–H and O–H groups in total. The van der Waals surface area contributed by atoms with Crippen LogP contribution in [0.1, 0.15) is 32.3 Å². The number of carbonyl (C=O) groups excluding carboxylic acids is 2. The Hall–Kier alpha value is -1.84. The second kappa shape index (κ2) is 7.25. The molecule has 0 saturated heterocycles. The summed E-state index contributed by atoms with van der Waals surface area (Å²) in [6, 6.07) is 7.72. The highest BCUT2D eigenvalue weighted by atomic mass is 16.5. The first-order valence-corrected chi connectivity index (χ1v) is 7.58. The lowest BCUT2D eigenvalue weighted by atomic mass is 9.85. The second-order valence-electron chi connectivity index (χ2n) is 5.32. The van der Waals surface area contributed by atoms with Gasteiger partial charge in [-0.05, 0) is 31.4 Å². The number of para-hydroxylation sites is 1. The number of hydrogen-bond acceptors (Lipinski definition) is 4. The van der Waals surface area contributed by atoms with Crippen molar-refractivity contribution < 1.29 is 19.1 Å². The molecule has 1 aliphatic heterocycles. The van der Waals surface area contributed by atoms with Gasteiger partial charge in [-0.1, -0.05) is 31.5 Å². The Labute approximate surface area is 125 Å². The number of hydrogen-bond donors (Lipinski definition) is 0. The molecule has 0 amide bonds. The van der Waals surface area contributed by atoms with Gasteiger partial charge in [-0.15, -0.1) is 0 Å². The molecule has 2 unspecified atom stereocenters. The van der Waals surface area contributed by atoms with E-state index in [2.05, 4.69) is 0 Å². The zero-order valence-corrected chi connectivity index (χ0v) is 12.6. The molecule has 0 spiro atoms. The molecule has 4 nitrogen and oxygen atoms in total. The Morgan fingerprint density at radius 2 is 2.10 bits per heavy atom. The first kappa shape index (κ1) is 15.5. The van der Waals surface area contributed by atoms with E-state index in [0.717, 1.165) is 17.7 Å². The van der Waals surface area contributed by atoms with Gasteiger partial charge in [-0.2, -0.15) is 0 Å². The van der Waals surface area contributed by atoms with Crippen molar-refractivity contribution >= 4 is 11.8 Å². The van der Waals surface area contributed by atoms with Crippen molar-refractivity contribution in [1.82, 2.24) is 0 Å². The van der Waals surface area contributed by atoms with E-state index in [9.17, 15) is 9.59 Å². The molecule has 0 bridgehead atoms. The van der Waals surface area contributed by atoms with E-state index in [1.165, 1.54) is 0 Å². The fourth-order valence-electron chi connectivity index (χ4n) is 2.70. The number of fused-ring (bicyclic) bond motifs is 1. The molecule has 1 aromatic rings. The van der Waals surface area contributed by atoms with Crippen LogP contribution in [0.5, 0.6) is 5.75 Å². The average Bonchev–Trinajstić information content (AvgIpc) is 2.51. The summed E-state index contributed by atoms with van der Waals surface area (Å²) in [6.45, 7) is 4.36. The third-order valence-electron chi connectivity index (χ3n) is 3.77. The highest BCUT2D eigenvalue weighted by molar-refractivity contribution is 6.00. The fourth-order valence-corrected chi connectivity index (χ4v) is 2.70. The van der Waals surface area contributed by atoms with Gasteiger partial charge < -0.3 is 9.47 Å². The van der Waals surface area contributed by atoms with Crippen LogP contribution in [0.25, 0.3) is 0 Å². The molecule has 0 aliphatic carbocycles. The lowest BCUT2D eigenvalue weighted by molar-refractivity contribution is -0.153. The summed E-state index contributed by atoms with van der Waals surface area (Å²) in [5.41, 5.74) is 1.03. The Balaban J connectivity index is 2.09. The topological polar surface area (TPSA) is 52.6 Å². The predicted molar refractivity (Wildman–Crippen MR) is 79.2 cm³/mol. The maximum absolute atomic E-state index is 12.6. The van der Waals surface area contributed by atoms with Crippen molar-refractivity contribution in [2.45, 2.75) is 33.1 Å². The van der Waals surface area contributed by atoms with E-state index in [1.807, 2.05) is 31.2 Å². The summed E-state index contributed by atoms with van der Waals surface area (Å²) < 4.78 is 10.7. The quantitative estimate of drug-likeness (QED) is 0.597. The molecule has 1 aromatic carbocycles. The summed E-state index contributed by atoms with van der Waals surface area (Å²) >= 11 is 0. The van der Waals surface area contributed by atoms with E-state index in [1.54, 1.807) is 6.92 Å². The van der Waals surface area contributed by atoms with Gasteiger partial charge in [0.15, 0.2) is 5.78 Å². The Morgan fingerprint density at radius 3 is 2.81 bits per heavy atom. The van der Waals surface area contributed by atoms with Crippen molar-refractivity contribution in [1.29, 1.82) is 0 Å². The molecule has 0 fully saturated rings. The minimum atomic E-state index is -0.659. The summed E-state index contributed by atoms with van der Waals surface area (Å²) in [5, 5.41) is 0. The molecule has 114 valence electrons. The molecular weight excluding hydrogens is 268 g/mol. The summed E-state index contributed by atoms with van der Waals surface area (Å²) in [7, 11) is 0. The lowest BCUT2D eigenvalue weighted by Crippen LogP contribution is -2.37. The third-order valence-corrected chi connectivity index (χ3v) is 3.77. The van der Waals surface area contributed by atoms with Gasteiger partial charge in [0.1, 0.15) is 11.7 Å². The van der Waals surface area contributed by atoms with Gasteiger partial charge in [0.2, 0.25) is 0 Å². The molecule has 21 heavy (non-hydrogen) atoms. The highest BCUT2D eigenvalue weighted by Gasteiger charge is 2.35. The Morgan fingerprint density at radius 1 is 1.33 bits per heavy atom. The minimum Gasteiger partial charge on any atom is -0.493 e. The van der Waals surface area contributed by atoms with Gasteiger partial charge in [0, 0.05) is 0 Å². The number of esters is 1. The maximum Gasteiger partial charge on any atom is 0.316 e. The largest absolute Gasteiger partial charge is 0.493 e. The van der Waals surface area contributed by atoms with E-state index in [0.29, 0.717) is 26.1 Å². The van der Waals surface area contributed by atoms with Crippen LogP contribution < -0.4 is 4.74 Å². The molecule has 0 saturated carbocycles. The van der Waals surface area contributed by atoms with Crippen LogP contribution in [0.3, 0.4) is 0 Å². The third kappa shape index (κ3) is 3.63. The van der Waals surface area contributed by atoms with Crippen LogP contribution >= 0.6 is 0 Å². The highest BCUT2D eigenvalue weighted by Crippen LogP contribution is 2.29. The predicted octanol–water partition coefficient (Wildman–Crippen LogP) is 2.79. The van der Waals surface area contributed by atoms with E-state index in [-0.39, 0.29) is 11.7 Å².